The average Bonchev–Trinajstić information content (AvgIpc) is 2.55. The van der Waals surface area contributed by atoms with Crippen molar-refractivity contribution >= 4 is 0 Å². The Hall–Kier alpha value is -1.71. The van der Waals surface area contributed by atoms with Gasteiger partial charge in [0.25, 0.3) is 0 Å². The van der Waals surface area contributed by atoms with Crippen molar-refractivity contribution < 1.29 is 4.74 Å². The fourth-order valence-corrected chi connectivity index (χ4v) is 2.11. The van der Waals surface area contributed by atoms with Crippen molar-refractivity contribution in [2.24, 2.45) is 0 Å². The van der Waals surface area contributed by atoms with Gasteiger partial charge in [0.2, 0.25) is 0 Å². The molecule has 0 bridgehead atoms. The quantitative estimate of drug-likeness (QED) is 0.717. The second kappa shape index (κ2) is 9.27. The lowest BCUT2D eigenvalue weighted by Gasteiger charge is -2.06. The Bertz CT molecular complexity index is 496. The van der Waals surface area contributed by atoms with Crippen LogP contribution in [0.5, 0.6) is 0 Å². The summed E-state index contributed by atoms with van der Waals surface area (Å²) in [6.07, 6.45) is 4.03. The van der Waals surface area contributed by atoms with E-state index in [1.807, 2.05) is 18.3 Å². The van der Waals surface area contributed by atoms with E-state index in [-0.39, 0.29) is 0 Å². The Morgan fingerprint density at radius 2 is 1.90 bits per heavy atom. The molecule has 2 aromatic rings. The van der Waals surface area contributed by atoms with Gasteiger partial charge in [0.15, 0.2) is 0 Å². The first-order chi connectivity index (χ1) is 10.4. The molecule has 0 atom stereocenters. The summed E-state index contributed by atoms with van der Waals surface area (Å²) in [5, 5.41) is 3.29. The summed E-state index contributed by atoms with van der Waals surface area (Å²) in [5.41, 5.74) is 3.58. The lowest BCUT2D eigenvalue weighted by atomic mass is 10.1. The normalized spacial score (nSPS) is 10.7. The fraction of sp³-hybridized carbons (Fsp3) is 0.389. The van der Waals surface area contributed by atoms with Gasteiger partial charge >= 0.3 is 0 Å². The number of hydrogen-bond acceptors (Lipinski definition) is 3. The molecule has 3 heteroatoms. The van der Waals surface area contributed by atoms with E-state index in [4.69, 9.17) is 4.74 Å². The Balaban J connectivity index is 1.62. The molecule has 0 spiro atoms. The van der Waals surface area contributed by atoms with Crippen LogP contribution >= 0.6 is 0 Å². The largest absolute Gasteiger partial charge is 0.375 e. The van der Waals surface area contributed by atoms with Crippen LogP contribution in [0, 0.1) is 0 Å². The molecule has 0 amide bonds. The molecule has 0 saturated carbocycles. The summed E-state index contributed by atoms with van der Waals surface area (Å²) in [6, 6.07) is 14.7. The van der Waals surface area contributed by atoms with Crippen LogP contribution in [0.1, 0.15) is 30.2 Å². The van der Waals surface area contributed by atoms with Gasteiger partial charge < -0.3 is 10.1 Å². The lowest BCUT2D eigenvalue weighted by Crippen LogP contribution is -2.12. The highest BCUT2D eigenvalue weighted by molar-refractivity contribution is 5.15. The molecule has 0 unspecified atom stereocenters. The van der Waals surface area contributed by atoms with E-state index < -0.39 is 0 Å². The Morgan fingerprint density at radius 1 is 1.05 bits per heavy atom. The minimum atomic E-state index is 0.594. The standard InChI is InChI=1S/C18H24N2O/c1-2-19-13-17-10-11-18(20-14-17)15-21-12-6-9-16-7-4-3-5-8-16/h3-5,7-8,10-11,14,19H,2,6,9,12-13,15H2,1H3. The zero-order valence-corrected chi connectivity index (χ0v) is 12.7. The van der Waals surface area contributed by atoms with E-state index in [1.165, 1.54) is 11.1 Å². The monoisotopic (exact) mass is 284 g/mol. The van der Waals surface area contributed by atoms with Gasteiger partial charge in [-0.1, -0.05) is 43.3 Å². The number of ether oxygens (including phenoxy) is 1. The summed E-state index contributed by atoms with van der Waals surface area (Å²) < 4.78 is 5.68. The first-order valence-corrected chi connectivity index (χ1v) is 7.64. The Labute approximate surface area is 127 Å². The third-order valence-corrected chi connectivity index (χ3v) is 3.31. The zero-order valence-electron chi connectivity index (χ0n) is 12.7. The number of nitrogens with zero attached hydrogens (tertiary/aromatic N) is 1. The third kappa shape index (κ3) is 6.06. The van der Waals surface area contributed by atoms with Crippen molar-refractivity contribution in [3.8, 4) is 0 Å². The Kier molecular flexibility index (Phi) is 6.92. The number of hydrogen-bond donors (Lipinski definition) is 1. The molecule has 1 aromatic carbocycles. The highest BCUT2D eigenvalue weighted by atomic mass is 16.5. The minimum Gasteiger partial charge on any atom is -0.375 e. The number of rotatable bonds is 9. The summed E-state index contributed by atoms with van der Waals surface area (Å²) >= 11 is 0. The van der Waals surface area contributed by atoms with Crippen LogP contribution in [0.25, 0.3) is 0 Å². The lowest BCUT2D eigenvalue weighted by molar-refractivity contribution is 0.116. The molecule has 1 N–H and O–H groups in total. The van der Waals surface area contributed by atoms with Gasteiger partial charge in [0.05, 0.1) is 12.3 Å². The molecule has 21 heavy (non-hydrogen) atoms. The van der Waals surface area contributed by atoms with Crippen molar-refractivity contribution in [3.63, 3.8) is 0 Å². The summed E-state index contributed by atoms with van der Waals surface area (Å²) in [4.78, 5) is 4.42. The molecule has 0 aliphatic rings. The van der Waals surface area contributed by atoms with Crippen LogP contribution in [-0.2, 0) is 24.3 Å². The fourth-order valence-electron chi connectivity index (χ4n) is 2.11. The molecule has 3 nitrogen and oxygen atoms in total. The smallest absolute Gasteiger partial charge is 0.0887 e. The van der Waals surface area contributed by atoms with Gasteiger partial charge in [0, 0.05) is 19.3 Å². The number of nitrogens with one attached hydrogen (secondary N) is 1. The summed E-state index contributed by atoms with van der Waals surface area (Å²) in [7, 11) is 0. The number of pyridine rings is 1. The van der Waals surface area contributed by atoms with Crippen molar-refractivity contribution in [3.05, 3.63) is 65.5 Å². The molecule has 2 rings (SSSR count). The van der Waals surface area contributed by atoms with Crippen molar-refractivity contribution in [1.29, 1.82) is 0 Å². The molecule has 1 aromatic heterocycles. The first kappa shape index (κ1) is 15.7. The van der Waals surface area contributed by atoms with Gasteiger partial charge in [0.1, 0.15) is 0 Å². The Morgan fingerprint density at radius 3 is 2.62 bits per heavy atom. The van der Waals surface area contributed by atoms with E-state index in [1.54, 1.807) is 0 Å². The molecule has 112 valence electrons. The van der Waals surface area contributed by atoms with Crippen molar-refractivity contribution in [2.75, 3.05) is 13.2 Å². The number of aromatic nitrogens is 1. The molecule has 0 radical (unpaired) electrons. The van der Waals surface area contributed by atoms with Crippen LogP contribution in [0.4, 0.5) is 0 Å². The topological polar surface area (TPSA) is 34.1 Å². The van der Waals surface area contributed by atoms with Crippen LogP contribution in [0.3, 0.4) is 0 Å². The van der Waals surface area contributed by atoms with Gasteiger partial charge in [-0.05, 0) is 36.6 Å². The maximum absolute atomic E-state index is 5.68. The van der Waals surface area contributed by atoms with Gasteiger partial charge in [-0.3, -0.25) is 4.98 Å². The number of benzene rings is 1. The maximum Gasteiger partial charge on any atom is 0.0887 e. The number of aryl methyl sites for hydroxylation is 1. The van der Waals surface area contributed by atoms with E-state index in [2.05, 4.69) is 47.6 Å². The van der Waals surface area contributed by atoms with Gasteiger partial charge in [-0.15, -0.1) is 0 Å². The molecule has 0 saturated heterocycles. The highest BCUT2D eigenvalue weighted by Gasteiger charge is 1.97. The van der Waals surface area contributed by atoms with E-state index in [0.29, 0.717) is 6.61 Å². The second-order valence-electron chi connectivity index (χ2n) is 5.08. The van der Waals surface area contributed by atoms with Crippen LogP contribution in [-0.4, -0.2) is 18.1 Å². The zero-order chi connectivity index (χ0) is 14.8. The van der Waals surface area contributed by atoms with E-state index in [9.17, 15) is 0 Å². The summed E-state index contributed by atoms with van der Waals surface area (Å²) in [6.45, 7) is 5.32. The van der Waals surface area contributed by atoms with Crippen molar-refractivity contribution in [2.45, 2.75) is 32.9 Å². The SMILES string of the molecule is CCNCc1ccc(COCCCc2ccccc2)nc1. The minimum absolute atomic E-state index is 0.594. The van der Waals surface area contributed by atoms with Crippen LogP contribution in [0.2, 0.25) is 0 Å². The van der Waals surface area contributed by atoms with E-state index in [0.717, 1.165) is 38.2 Å². The molecular formula is C18H24N2O. The molecule has 0 aliphatic carbocycles. The molecule has 1 heterocycles. The molecule has 0 aliphatic heterocycles. The average molecular weight is 284 g/mol. The molecular weight excluding hydrogens is 260 g/mol. The highest BCUT2D eigenvalue weighted by Crippen LogP contribution is 2.05. The van der Waals surface area contributed by atoms with E-state index >= 15 is 0 Å². The predicted octanol–water partition coefficient (Wildman–Crippen LogP) is 3.34. The van der Waals surface area contributed by atoms with Gasteiger partial charge in [-0.25, -0.2) is 0 Å². The predicted molar refractivity (Wildman–Crippen MR) is 86.0 cm³/mol. The van der Waals surface area contributed by atoms with Crippen LogP contribution < -0.4 is 5.32 Å². The maximum atomic E-state index is 5.68. The third-order valence-electron chi connectivity index (χ3n) is 3.31. The van der Waals surface area contributed by atoms with Crippen LogP contribution in [0.15, 0.2) is 48.7 Å². The second-order valence-corrected chi connectivity index (χ2v) is 5.08. The summed E-state index contributed by atoms with van der Waals surface area (Å²) in [5.74, 6) is 0. The first-order valence-electron chi connectivity index (χ1n) is 7.64. The van der Waals surface area contributed by atoms with Gasteiger partial charge in [-0.2, -0.15) is 0 Å². The van der Waals surface area contributed by atoms with Crippen molar-refractivity contribution in [1.82, 2.24) is 10.3 Å². The molecule has 0 fully saturated rings.